The van der Waals surface area contributed by atoms with E-state index in [0.717, 1.165) is 10.5 Å². The maximum atomic E-state index is 11.2. The quantitative estimate of drug-likeness (QED) is 0.830. The molecule has 1 aromatic carbocycles. The summed E-state index contributed by atoms with van der Waals surface area (Å²) >= 11 is 1.63. The van der Waals surface area contributed by atoms with Crippen molar-refractivity contribution in [2.45, 2.75) is 4.90 Å². The molecule has 0 atom stereocenters. The largest absolute Gasteiger partial charge is 0.478 e. The fourth-order valence-corrected chi connectivity index (χ4v) is 2.12. The minimum atomic E-state index is -1.07. The second-order valence-electron chi connectivity index (χ2n) is 3.65. The van der Waals surface area contributed by atoms with Crippen LogP contribution in [0.2, 0.25) is 0 Å². The zero-order chi connectivity index (χ0) is 13.1. The van der Waals surface area contributed by atoms with Gasteiger partial charge < -0.3 is 10.8 Å². The molecule has 0 radical (unpaired) electrons. The highest BCUT2D eigenvalue weighted by atomic mass is 32.2. The molecule has 0 aliphatic heterocycles. The fraction of sp³-hybridized carbons (Fsp3) is 0.0769. The molecule has 5 heteroatoms. The normalized spacial score (nSPS) is 10.3. The first-order valence-electron chi connectivity index (χ1n) is 5.25. The Kier molecular flexibility index (Phi) is 3.53. The molecule has 18 heavy (non-hydrogen) atoms. The molecule has 4 nitrogen and oxygen atoms in total. The number of hydrogen-bond acceptors (Lipinski definition) is 4. The van der Waals surface area contributed by atoms with Gasteiger partial charge in [0.2, 0.25) is 0 Å². The van der Waals surface area contributed by atoms with Crippen molar-refractivity contribution in [3.8, 4) is 11.1 Å². The molecule has 0 amide bonds. The van der Waals surface area contributed by atoms with Crippen molar-refractivity contribution in [2.75, 3.05) is 12.0 Å². The molecule has 0 unspecified atom stereocenters. The smallest absolute Gasteiger partial charge is 0.340 e. The lowest BCUT2D eigenvalue weighted by atomic mass is 10.0. The van der Waals surface area contributed by atoms with Crippen LogP contribution in [-0.2, 0) is 0 Å². The molecule has 0 spiro atoms. The standard InChI is InChI=1S/C13H12N2O2S/c1-18-9-4-2-8(3-5-9)10-6-7-15-12(14)11(10)13(16)17/h2-7H,1H3,(H2,14,15)(H,16,17). The lowest BCUT2D eigenvalue weighted by molar-refractivity contribution is 0.0698. The van der Waals surface area contributed by atoms with Crippen molar-refractivity contribution in [2.24, 2.45) is 0 Å². The first-order chi connectivity index (χ1) is 8.63. The highest BCUT2D eigenvalue weighted by molar-refractivity contribution is 7.98. The molecular weight excluding hydrogens is 248 g/mol. The topological polar surface area (TPSA) is 76.2 Å². The molecule has 0 aliphatic rings. The van der Waals surface area contributed by atoms with Crippen LogP contribution in [-0.4, -0.2) is 22.3 Å². The number of rotatable bonds is 3. The van der Waals surface area contributed by atoms with E-state index >= 15 is 0 Å². The van der Waals surface area contributed by atoms with Crippen molar-refractivity contribution < 1.29 is 9.90 Å². The highest BCUT2D eigenvalue weighted by Crippen LogP contribution is 2.28. The van der Waals surface area contributed by atoms with E-state index in [1.807, 2.05) is 30.5 Å². The molecule has 0 aliphatic carbocycles. The summed E-state index contributed by atoms with van der Waals surface area (Å²) in [5, 5.41) is 9.18. The summed E-state index contributed by atoms with van der Waals surface area (Å²) in [5.74, 6) is -1.03. The summed E-state index contributed by atoms with van der Waals surface area (Å²) in [5.41, 5.74) is 7.07. The Labute approximate surface area is 109 Å². The zero-order valence-electron chi connectivity index (χ0n) is 9.75. The van der Waals surface area contributed by atoms with Crippen molar-refractivity contribution in [3.63, 3.8) is 0 Å². The number of nitrogen functional groups attached to an aromatic ring is 1. The minimum absolute atomic E-state index is 0.0361. The Hall–Kier alpha value is -2.01. The number of aromatic nitrogens is 1. The number of carboxylic acid groups (broad SMARTS) is 1. The van der Waals surface area contributed by atoms with E-state index in [1.165, 1.54) is 6.20 Å². The Morgan fingerprint density at radius 1 is 1.28 bits per heavy atom. The minimum Gasteiger partial charge on any atom is -0.478 e. The van der Waals surface area contributed by atoms with Crippen molar-refractivity contribution in [1.29, 1.82) is 0 Å². The van der Waals surface area contributed by atoms with Gasteiger partial charge in [0.15, 0.2) is 0 Å². The Bertz CT molecular complexity index is 582. The molecule has 0 saturated heterocycles. The number of nitrogens with two attached hydrogens (primary N) is 1. The SMILES string of the molecule is CSc1ccc(-c2ccnc(N)c2C(=O)O)cc1. The molecule has 1 aromatic heterocycles. The molecule has 0 fully saturated rings. The third-order valence-corrected chi connectivity index (χ3v) is 3.34. The van der Waals surface area contributed by atoms with Gasteiger partial charge in [-0.3, -0.25) is 0 Å². The maximum absolute atomic E-state index is 11.2. The van der Waals surface area contributed by atoms with Gasteiger partial charge >= 0.3 is 5.97 Å². The number of benzene rings is 1. The summed E-state index contributed by atoms with van der Waals surface area (Å²) in [6.45, 7) is 0. The van der Waals surface area contributed by atoms with Crippen LogP contribution in [0.15, 0.2) is 41.4 Å². The molecule has 2 aromatic rings. The van der Waals surface area contributed by atoms with Crippen LogP contribution in [0, 0.1) is 0 Å². The van der Waals surface area contributed by atoms with E-state index in [-0.39, 0.29) is 11.4 Å². The number of nitrogens with zero attached hydrogens (tertiary/aromatic N) is 1. The zero-order valence-corrected chi connectivity index (χ0v) is 10.6. The predicted octanol–water partition coefficient (Wildman–Crippen LogP) is 2.75. The summed E-state index contributed by atoms with van der Waals surface area (Å²) in [6.07, 6.45) is 3.50. The second kappa shape index (κ2) is 5.10. The first kappa shape index (κ1) is 12.4. The van der Waals surface area contributed by atoms with Crippen LogP contribution in [0.5, 0.6) is 0 Å². The molecule has 92 valence electrons. The van der Waals surface area contributed by atoms with Crippen LogP contribution in [0.4, 0.5) is 5.82 Å². The molecule has 1 heterocycles. The number of thioether (sulfide) groups is 1. The molecule has 0 bridgehead atoms. The Morgan fingerprint density at radius 3 is 2.50 bits per heavy atom. The highest BCUT2D eigenvalue weighted by Gasteiger charge is 2.15. The predicted molar refractivity (Wildman–Crippen MR) is 72.8 cm³/mol. The van der Waals surface area contributed by atoms with E-state index in [9.17, 15) is 9.90 Å². The Morgan fingerprint density at radius 2 is 1.94 bits per heavy atom. The number of anilines is 1. The third kappa shape index (κ3) is 2.31. The van der Waals surface area contributed by atoms with E-state index in [1.54, 1.807) is 17.8 Å². The van der Waals surface area contributed by atoms with Crippen LogP contribution < -0.4 is 5.73 Å². The second-order valence-corrected chi connectivity index (χ2v) is 4.53. The van der Waals surface area contributed by atoms with Gasteiger partial charge in [-0.15, -0.1) is 11.8 Å². The van der Waals surface area contributed by atoms with Crippen molar-refractivity contribution >= 4 is 23.5 Å². The first-order valence-corrected chi connectivity index (χ1v) is 6.48. The average molecular weight is 260 g/mol. The fourth-order valence-electron chi connectivity index (χ4n) is 1.71. The summed E-state index contributed by atoms with van der Waals surface area (Å²) < 4.78 is 0. The van der Waals surface area contributed by atoms with Crippen molar-refractivity contribution in [3.05, 3.63) is 42.1 Å². The number of pyridine rings is 1. The number of hydrogen-bond donors (Lipinski definition) is 2. The summed E-state index contributed by atoms with van der Waals surface area (Å²) in [7, 11) is 0. The third-order valence-electron chi connectivity index (χ3n) is 2.60. The van der Waals surface area contributed by atoms with Gasteiger partial charge in [0.1, 0.15) is 11.4 Å². The number of aromatic carboxylic acids is 1. The van der Waals surface area contributed by atoms with Gasteiger partial charge in [-0.05, 0) is 30.0 Å². The maximum Gasteiger partial charge on any atom is 0.340 e. The van der Waals surface area contributed by atoms with Gasteiger partial charge in [0.05, 0.1) is 0 Å². The van der Waals surface area contributed by atoms with Gasteiger partial charge in [-0.1, -0.05) is 12.1 Å². The lowest BCUT2D eigenvalue weighted by Gasteiger charge is -2.08. The number of carboxylic acids is 1. The van der Waals surface area contributed by atoms with E-state index < -0.39 is 5.97 Å². The molecular formula is C13H12N2O2S. The van der Waals surface area contributed by atoms with Crippen LogP contribution in [0.25, 0.3) is 11.1 Å². The molecule has 0 saturated carbocycles. The summed E-state index contributed by atoms with van der Waals surface area (Å²) in [6, 6.07) is 9.32. The van der Waals surface area contributed by atoms with Crippen LogP contribution in [0.1, 0.15) is 10.4 Å². The van der Waals surface area contributed by atoms with Gasteiger partial charge in [-0.2, -0.15) is 0 Å². The lowest BCUT2D eigenvalue weighted by Crippen LogP contribution is -2.06. The van der Waals surface area contributed by atoms with Crippen LogP contribution >= 0.6 is 11.8 Å². The van der Waals surface area contributed by atoms with E-state index in [4.69, 9.17) is 5.73 Å². The van der Waals surface area contributed by atoms with E-state index in [2.05, 4.69) is 4.98 Å². The molecule has 2 rings (SSSR count). The van der Waals surface area contributed by atoms with E-state index in [0.29, 0.717) is 5.56 Å². The van der Waals surface area contributed by atoms with Crippen LogP contribution in [0.3, 0.4) is 0 Å². The average Bonchev–Trinajstić information content (AvgIpc) is 2.38. The van der Waals surface area contributed by atoms with Gasteiger partial charge in [0, 0.05) is 16.7 Å². The summed E-state index contributed by atoms with van der Waals surface area (Å²) in [4.78, 5) is 16.2. The number of carbonyl (C=O) groups is 1. The Balaban J connectivity index is 2.56. The van der Waals surface area contributed by atoms with Gasteiger partial charge in [-0.25, -0.2) is 9.78 Å². The molecule has 3 N–H and O–H groups in total. The van der Waals surface area contributed by atoms with Gasteiger partial charge in [0.25, 0.3) is 0 Å². The monoisotopic (exact) mass is 260 g/mol. The van der Waals surface area contributed by atoms with Crippen molar-refractivity contribution in [1.82, 2.24) is 4.98 Å².